The number of ether oxygens (including phenoxy) is 6. The van der Waals surface area contributed by atoms with Crippen molar-refractivity contribution in [3.63, 3.8) is 0 Å². The van der Waals surface area contributed by atoms with E-state index in [0.717, 1.165) is 22.4 Å². The number of methoxy groups -OCH3 is 1. The van der Waals surface area contributed by atoms with E-state index in [4.69, 9.17) is 32.8 Å². The van der Waals surface area contributed by atoms with Crippen molar-refractivity contribution in [1.82, 2.24) is 0 Å². The molecule has 1 aliphatic heterocycles. The van der Waals surface area contributed by atoms with Crippen LogP contribution in [0.3, 0.4) is 0 Å². The molecule has 5 aromatic carbocycles. The maximum Gasteiger partial charge on any atom is 0.261 e. The molecule has 0 unspecified atom stereocenters. The Kier molecular flexibility index (Phi) is 13.3. The van der Waals surface area contributed by atoms with Gasteiger partial charge in [0.15, 0.2) is 5.79 Å². The molecule has 0 N–H and O–H groups in total. The quantitative estimate of drug-likeness (QED) is 0.0921. The SMILES string of the molecule is COc1ccc(COC[C@]2(C)[C@@H](OCc3ccccc3)C[C@H](OCc3ccccc3)[C@@]3(COC(C)(C)O3)[C@H]2CO[Si](c2ccccc2)(c2ccccc2)C(C)(C)C)cc1. The highest BCUT2D eigenvalue weighted by molar-refractivity contribution is 6.99. The summed E-state index contributed by atoms with van der Waals surface area (Å²) in [4.78, 5) is 0. The van der Waals surface area contributed by atoms with Crippen LogP contribution in [0, 0.1) is 11.3 Å². The van der Waals surface area contributed by atoms with Crippen LogP contribution in [0.25, 0.3) is 0 Å². The fourth-order valence-corrected chi connectivity index (χ4v) is 14.0. The Morgan fingerprint density at radius 1 is 0.627 bits per heavy atom. The first-order valence-corrected chi connectivity index (χ1v) is 22.9. The highest BCUT2D eigenvalue weighted by Gasteiger charge is 2.67. The third-order valence-electron chi connectivity index (χ3n) is 12.5. The molecule has 1 aliphatic carbocycles. The van der Waals surface area contributed by atoms with Crippen LogP contribution in [-0.4, -0.2) is 58.8 Å². The molecular formula is C51H62O7Si. The highest BCUT2D eigenvalue weighted by Crippen LogP contribution is 2.56. The molecule has 0 bridgehead atoms. The van der Waals surface area contributed by atoms with Gasteiger partial charge in [-0.15, -0.1) is 0 Å². The fourth-order valence-electron chi connectivity index (χ4n) is 9.42. The summed E-state index contributed by atoms with van der Waals surface area (Å²) in [6.07, 6.45) is -0.0882. The van der Waals surface area contributed by atoms with Crippen LogP contribution in [0.4, 0.5) is 0 Å². The van der Waals surface area contributed by atoms with E-state index in [9.17, 15) is 0 Å². The number of hydrogen-bond donors (Lipinski definition) is 0. The predicted octanol–water partition coefficient (Wildman–Crippen LogP) is 9.51. The van der Waals surface area contributed by atoms with Crippen molar-refractivity contribution in [2.45, 2.75) is 96.4 Å². The van der Waals surface area contributed by atoms with Crippen molar-refractivity contribution in [3.05, 3.63) is 162 Å². The normalized spacial score (nSPS) is 24.3. The molecule has 5 atom stereocenters. The minimum absolute atomic E-state index is 0.239. The summed E-state index contributed by atoms with van der Waals surface area (Å²) in [6.45, 7) is 15.7. The van der Waals surface area contributed by atoms with Gasteiger partial charge in [0, 0.05) is 24.4 Å². The Labute approximate surface area is 353 Å². The molecule has 0 radical (unpaired) electrons. The summed E-state index contributed by atoms with van der Waals surface area (Å²) >= 11 is 0. The molecule has 59 heavy (non-hydrogen) atoms. The first kappa shape index (κ1) is 43.0. The van der Waals surface area contributed by atoms with Gasteiger partial charge < -0.3 is 32.8 Å². The van der Waals surface area contributed by atoms with Gasteiger partial charge in [0.25, 0.3) is 8.32 Å². The Morgan fingerprint density at radius 3 is 1.59 bits per heavy atom. The monoisotopic (exact) mass is 814 g/mol. The molecule has 8 heteroatoms. The smallest absolute Gasteiger partial charge is 0.261 e. The van der Waals surface area contributed by atoms with Crippen molar-refractivity contribution in [1.29, 1.82) is 0 Å². The molecule has 312 valence electrons. The lowest BCUT2D eigenvalue weighted by Gasteiger charge is -2.58. The van der Waals surface area contributed by atoms with Crippen LogP contribution in [0.5, 0.6) is 5.75 Å². The molecule has 7 rings (SSSR count). The van der Waals surface area contributed by atoms with Crippen LogP contribution < -0.4 is 15.1 Å². The minimum atomic E-state index is -3.01. The van der Waals surface area contributed by atoms with Crippen LogP contribution in [0.2, 0.25) is 5.04 Å². The summed E-state index contributed by atoms with van der Waals surface area (Å²) in [5, 5.41) is 2.20. The molecule has 1 saturated carbocycles. The molecular weight excluding hydrogens is 753 g/mol. The van der Waals surface area contributed by atoms with Gasteiger partial charge in [-0.1, -0.05) is 161 Å². The van der Waals surface area contributed by atoms with Gasteiger partial charge in [0.2, 0.25) is 0 Å². The van der Waals surface area contributed by atoms with Crippen molar-refractivity contribution in [2.24, 2.45) is 11.3 Å². The van der Waals surface area contributed by atoms with E-state index >= 15 is 0 Å². The van der Waals surface area contributed by atoms with E-state index in [1.807, 2.05) is 38.1 Å². The third kappa shape index (κ3) is 9.30. The maximum atomic E-state index is 7.89. The second-order valence-electron chi connectivity index (χ2n) is 17.9. The van der Waals surface area contributed by atoms with Crippen LogP contribution in [0.15, 0.2) is 146 Å². The molecule has 0 amide bonds. The zero-order valence-electron chi connectivity index (χ0n) is 35.9. The molecule has 1 spiro atoms. The fraction of sp³-hybridized carbons (Fsp3) is 0.412. The topological polar surface area (TPSA) is 64.6 Å². The van der Waals surface area contributed by atoms with Crippen LogP contribution in [0.1, 0.15) is 64.7 Å². The molecule has 5 aromatic rings. The second-order valence-corrected chi connectivity index (χ2v) is 22.2. The number of rotatable bonds is 16. The lowest BCUT2D eigenvalue weighted by molar-refractivity contribution is -0.279. The van der Waals surface area contributed by atoms with Crippen molar-refractivity contribution >= 4 is 18.7 Å². The molecule has 0 aromatic heterocycles. The molecule has 1 saturated heterocycles. The van der Waals surface area contributed by atoms with Crippen LogP contribution >= 0.6 is 0 Å². The van der Waals surface area contributed by atoms with E-state index in [-0.39, 0.29) is 23.2 Å². The predicted molar refractivity (Wildman–Crippen MR) is 236 cm³/mol. The summed E-state index contributed by atoms with van der Waals surface area (Å²) in [6, 6.07) is 50.5. The van der Waals surface area contributed by atoms with Crippen LogP contribution in [-0.2, 0) is 47.9 Å². The summed E-state index contributed by atoms with van der Waals surface area (Å²) < 4.78 is 48.3. The Bertz CT molecular complexity index is 2000. The standard InChI is InChI=1S/C51H62O7Si/c1-48(2,3)59(43-24-16-10-17-25-43,44-26-18-11-19-27-44)57-36-45-50(6,37-53-33-41-28-30-42(52-7)31-29-41)46(54-34-39-20-12-8-13-21-39)32-47(51(45)38-56-49(4,5)58-51)55-35-40-22-14-9-15-23-40/h8-31,45-47H,32-38H2,1-7H3/t45-,46-,47-,50-,51+/m0/s1. The van der Waals surface area contributed by atoms with Crippen molar-refractivity contribution < 1.29 is 32.8 Å². The maximum absolute atomic E-state index is 7.89. The van der Waals surface area contributed by atoms with Gasteiger partial charge in [0.05, 0.1) is 52.4 Å². The van der Waals surface area contributed by atoms with E-state index in [2.05, 4.69) is 149 Å². The van der Waals surface area contributed by atoms with Gasteiger partial charge in [-0.3, -0.25) is 0 Å². The number of benzene rings is 5. The first-order valence-electron chi connectivity index (χ1n) is 21.0. The minimum Gasteiger partial charge on any atom is -0.497 e. The molecule has 2 aliphatic rings. The highest BCUT2D eigenvalue weighted by atomic mass is 28.4. The summed E-state index contributed by atoms with van der Waals surface area (Å²) in [7, 11) is -1.33. The van der Waals surface area contributed by atoms with Crippen molar-refractivity contribution in [2.75, 3.05) is 26.9 Å². The third-order valence-corrected chi connectivity index (χ3v) is 17.5. The average Bonchev–Trinajstić information content (AvgIpc) is 3.57. The number of hydrogen-bond acceptors (Lipinski definition) is 7. The summed E-state index contributed by atoms with van der Waals surface area (Å²) in [5.74, 6) is -0.330. The van der Waals surface area contributed by atoms with Gasteiger partial charge in [-0.2, -0.15) is 0 Å². The van der Waals surface area contributed by atoms with E-state index in [1.165, 1.54) is 10.4 Å². The first-order chi connectivity index (χ1) is 28.4. The lowest BCUT2D eigenvalue weighted by Crippen LogP contribution is -2.71. The Balaban J connectivity index is 1.35. The molecule has 7 nitrogen and oxygen atoms in total. The average molecular weight is 815 g/mol. The molecule has 1 heterocycles. The molecule has 2 fully saturated rings. The van der Waals surface area contributed by atoms with Gasteiger partial charge >= 0.3 is 0 Å². The second kappa shape index (κ2) is 18.2. The van der Waals surface area contributed by atoms with Gasteiger partial charge in [-0.05, 0) is 58.1 Å². The van der Waals surface area contributed by atoms with E-state index in [1.54, 1.807) is 7.11 Å². The summed E-state index contributed by atoms with van der Waals surface area (Å²) in [5.41, 5.74) is 1.75. The van der Waals surface area contributed by atoms with Crippen molar-refractivity contribution in [3.8, 4) is 5.75 Å². The van der Waals surface area contributed by atoms with E-state index in [0.29, 0.717) is 46.1 Å². The lowest BCUT2D eigenvalue weighted by atomic mass is 9.58. The zero-order valence-corrected chi connectivity index (χ0v) is 36.9. The Morgan fingerprint density at radius 2 is 1.12 bits per heavy atom. The largest absolute Gasteiger partial charge is 0.497 e. The van der Waals surface area contributed by atoms with E-state index < -0.39 is 25.1 Å². The van der Waals surface area contributed by atoms with Gasteiger partial charge in [0.1, 0.15) is 11.4 Å². The van der Waals surface area contributed by atoms with Gasteiger partial charge in [-0.25, -0.2) is 0 Å². The Hall–Kier alpha value is -4.12. The zero-order chi connectivity index (χ0) is 41.6.